The van der Waals surface area contributed by atoms with E-state index >= 15 is 0 Å². The quantitative estimate of drug-likeness (QED) is 0.284. The average Bonchev–Trinajstić information content (AvgIpc) is 2.76. The molecule has 0 radical (unpaired) electrons. The van der Waals surface area contributed by atoms with Gasteiger partial charge in [-0.2, -0.15) is 5.10 Å². The van der Waals surface area contributed by atoms with Gasteiger partial charge in [0.1, 0.15) is 0 Å². The lowest BCUT2D eigenvalue weighted by Gasteiger charge is -2.11. The molecule has 4 rings (SSSR count). The first-order valence-corrected chi connectivity index (χ1v) is 9.83. The number of fused-ring (bicyclic) bond motifs is 1. The van der Waals surface area contributed by atoms with Gasteiger partial charge in [-0.1, -0.05) is 41.9 Å². The fourth-order valence-electron chi connectivity index (χ4n) is 2.90. The van der Waals surface area contributed by atoms with Gasteiger partial charge in [-0.25, -0.2) is 4.98 Å². The standard InChI is InChI=1S/C22H16ClN5OS/c23-15-10-12-16(13-11-15)25-22(30)27-24-14-20-26-19-9-5-4-8-18(19)21(29)28(20)17-6-2-1-3-7-17/h1-14H,(H2,25,27,30)/b24-14+. The molecule has 0 saturated carbocycles. The number of hydrogen-bond acceptors (Lipinski definition) is 4. The highest BCUT2D eigenvalue weighted by Crippen LogP contribution is 2.13. The number of para-hydroxylation sites is 2. The van der Waals surface area contributed by atoms with E-state index in [1.54, 1.807) is 36.4 Å². The summed E-state index contributed by atoms with van der Waals surface area (Å²) in [6, 6.07) is 23.6. The van der Waals surface area contributed by atoms with E-state index in [9.17, 15) is 4.79 Å². The summed E-state index contributed by atoms with van der Waals surface area (Å²) in [5.74, 6) is 0.381. The Morgan fingerprint density at radius 3 is 2.47 bits per heavy atom. The average molecular weight is 434 g/mol. The van der Waals surface area contributed by atoms with Crippen LogP contribution in [-0.4, -0.2) is 20.9 Å². The Morgan fingerprint density at radius 1 is 1.00 bits per heavy atom. The van der Waals surface area contributed by atoms with E-state index in [0.29, 0.717) is 32.5 Å². The van der Waals surface area contributed by atoms with Crippen molar-refractivity contribution in [1.29, 1.82) is 0 Å². The van der Waals surface area contributed by atoms with Gasteiger partial charge < -0.3 is 5.32 Å². The van der Waals surface area contributed by atoms with Crippen LogP contribution in [-0.2, 0) is 0 Å². The minimum atomic E-state index is -0.171. The number of halogens is 1. The molecule has 30 heavy (non-hydrogen) atoms. The number of rotatable bonds is 4. The predicted molar refractivity (Wildman–Crippen MR) is 126 cm³/mol. The van der Waals surface area contributed by atoms with E-state index in [-0.39, 0.29) is 5.56 Å². The lowest BCUT2D eigenvalue weighted by atomic mass is 10.2. The third kappa shape index (κ3) is 4.37. The fourth-order valence-corrected chi connectivity index (χ4v) is 3.20. The highest BCUT2D eigenvalue weighted by Gasteiger charge is 2.11. The molecule has 1 aromatic heterocycles. The van der Waals surface area contributed by atoms with Crippen LogP contribution in [0.15, 0.2) is 88.8 Å². The molecule has 6 nitrogen and oxygen atoms in total. The smallest absolute Gasteiger partial charge is 0.266 e. The molecule has 1 heterocycles. The number of hydrogen-bond donors (Lipinski definition) is 2. The SMILES string of the molecule is O=c1c2ccccc2nc(/C=N/NC(=S)Nc2ccc(Cl)cc2)n1-c1ccccc1. The lowest BCUT2D eigenvalue weighted by molar-refractivity contribution is 0.940. The molecule has 3 aromatic carbocycles. The van der Waals surface area contributed by atoms with Crippen LogP contribution >= 0.6 is 23.8 Å². The summed E-state index contributed by atoms with van der Waals surface area (Å²) >= 11 is 11.1. The molecule has 0 aliphatic carbocycles. The largest absolute Gasteiger partial charge is 0.331 e. The van der Waals surface area contributed by atoms with Crippen LogP contribution in [0.25, 0.3) is 16.6 Å². The highest BCUT2D eigenvalue weighted by molar-refractivity contribution is 7.80. The van der Waals surface area contributed by atoms with Crippen molar-refractivity contribution in [3.05, 3.63) is 100 Å². The molecule has 148 valence electrons. The summed E-state index contributed by atoms with van der Waals surface area (Å²) in [6.07, 6.45) is 1.47. The molecule has 0 aliphatic rings. The van der Waals surface area contributed by atoms with Crippen LogP contribution in [0.1, 0.15) is 5.82 Å². The summed E-state index contributed by atoms with van der Waals surface area (Å²) in [4.78, 5) is 17.7. The van der Waals surface area contributed by atoms with Crippen LogP contribution in [0.3, 0.4) is 0 Å². The van der Waals surface area contributed by atoms with Crippen LogP contribution < -0.4 is 16.3 Å². The van der Waals surface area contributed by atoms with Crippen molar-refractivity contribution in [2.24, 2.45) is 5.10 Å². The molecule has 0 aliphatic heterocycles. The van der Waals surface area contributed by atoms with E-state index < -0.39 is 0 Å². The zero-order chi connectivity index (χ0) is 20.9. The number of thiocarbonyl (C=S) groups is 1. The molecule has 8 heteroatoms. The Balaban J connectivity index is 1.63. The molecule has 4 aromatic rings. The van der Waals surface area contributed by atoms with Gasteiger partial charge >= 0.3 is 0 Å². The van der Waals surface area contributed by atoms with Crippen molar-refractivity contribution in [2.75, 3.05) is 5.32 Å². The van der Waals surface area contributed by atoms with Gasteiger partial charge in [0.25, 0.3) is 5.56 Å². The van der Waals surface area contributed by atoms with E-state index in [1.165, 1.54) is 10.8 Å². The molecule has 2 N–H and O–H groups in total. The topological polar surface area (TPSA) is 71.3 Å². The second-order valence-electron chi connectivity index (χ2n) is 6.29. The van der Waals surface area contributed by atoms with Crippen molar-refractivity contribution < 1.29 is 0 Å². The van der Waals surface area contributed by atoms with E-state index in [0.717, 1.165) is 5.69 Å². The van der Waals surface area contributed by atoms with Gasteiger partial charge in [0, 0.05) is 10.7 Å². The van der Waals surface area contributed by atoms with Gasteiger partial charge in [0.15, 0.2) is 10.9 Å². The number of nitrogens with one attached hydrogen (secondary N) is 2. The summed E-state index contributed by atoms with van der Waals surface area (Å²) < 4.78 is 1.52. The van der Waals surface area contributed by atoms with Crippen molar-refractivity contribution in [1.82, 2.24) is 15.0 Å². The maximum Gasteiger partial charge on any atom is 0.266 e. The maximum absolute atomic E-state index is 13.1. The Kier molecular flexibility index (Phi) is 5.83. The summed E-state index contributed by atoms with van der Waals surface area (Å²) in [5.41, 5.74) is 4.64. The molecule has 0 spiro atoms. The van der Waals surface area contributed by atoms with Gasteiger partial charge in [-0.05, 0) is 60.7 Å². The second kappa shape index (κ2) is 8.86. The highest BCUT2D eigenvalue weighted by atomic mass is 35.5. The molecule has 0 amide bonds. The Morgan fingerprint density at radius 2 is 1.70 bits per heavy atom. The first-order valence-electron chi connectivity index (χ1n) is 9.05. The molecular formula is C22H16ClN5OS. The lowest BCUT2D eigenvalue weighted by Crippen LogP contribution is -2.26. The van der Waals surface area contributed by atoms with Crippen LogP contribution in [0.5, 0.6) is 0 Å². The molecule has 0 bridgehead atoms. The zero-order valence-electron chi connectivity index (χ0n) is 15.6. The zero-order valence-corrected chi connectivity index (χ0v) is 17.2. The third-order valence-corrected chi connectivity index (χ3v) is 4.71. The van der Waals surface area contributed by atoms with Gasteiger partial charge in [0.05, 0.1) is 22.8 Å². The van der Waals surface area contributed by atoms with Crippen LogP contribution in [0.2, 0.25) is 5.02 Å². The number of nitrogens with zero attached hydrogens (tertiary/aromatic N) is 3. The number of hydrazone groups is 1. The van der Waals surface area contributed by atoms with E-state index in [1.807, 2.05) is 42.5 Å². The Bertz CT molecular complexity index is 1290. The Hall–Kier alpha value is -3.55. The van der Waals surface area contributed by atoms with E-state index in [2.05, 4.69) is 20.8 Å². The van der Waals surface area contributed by atoms with Crippen LogP contribution in [0.4, 0.5) is 5.69 Å². The predicted octanol–water partition coefficient (Wildman–Crippen LogP) is 4.36. The molecule has 0 saturated heterocycles. The normalized spacial score (nSPS) is 11.0. The fraction of sp³-hybridized carbons (Fsp3) is 0. The summed E-state index contributed by atoms with van der Waals surface area (Å²) in [5, 5.41) is 8.63. The Labute approximate surface area is 182 Å². The van der Waals surface area contributed by atoms with Crippen LogP contribution in [0, 0.1) is 0 Å². The molecule has 0 unspecified atom stereocenters. The van der Waals surface area contributed by atoms with E-state index in [4.69, 9.17) is 23.8 Å². The van der Waals surface area contributed by atoms with Gasteiger partial charge in [-0.3, -0.25) is 14.8 Å². The number of anilines is 1. The number of aromatic nitrogens is 2. The minimum Gasteiger partial charge on any atom is -0.331 e. The second-order valence-corrected chi connectivity index (χ2v) is 7.14. The van der Waals surface area contributed by atoms with Crippen molar-refractivity contribution >= 4 is 51.7 Å². The first-order chi connectivity index (χ1) is 14.6. The molecule has 0 atom stereocenters. The molecular weight excluding hydrogens is 418 g/mol. The minimum absolute atomic E-state index is 0.171. The monoisotopic (exact) mass is 433 g/mol. The van der Waals surface area contributed by atoms with Gasteiger partial charge in [0.2, 0.25) is 0 Å². The summed E-state index contributed by atoms with van der Waals surface area (Å²) in [7, 11) is 0. The van der Waals surface area contributed by atoms with Crippen molar-refractivity contribution in [3.8, 4) is 5.69 Å². The van der Waals surface area contributed by atoms with Gasteiger partial charge in [-0.15, -0.1) is 0 Å². The van der Waals surface area contributed by atoms with Crippen molar-refractivity contribution in [2.45, 2.75) is 0 Å². The molecule has 0 fully saturated rings. The van der Waals surface area contributed by atoms with Crippen molar-refractivity contribution in [3.63, 3.8) is 0 Å². The first kappa shape index (κ1) is 19.8. The number of benzene rings is 3. The maximum atomic E-state index is 13.1. The third-order valence-electron chi connectivity index (χ3n) is 4.26. The summed E-state index contributed by atoms with van der Waals surface area (Å²) in [6.45, 7) is 0.